The summed E-state index contributed by atoms with van der Waals surface area (Å²) in [5, 5.41) is 27.7. The first-order valence-corrected chi connectivity index (χ1v) is 15.3. The van der Waals surface area contributed by atoms with Gasteiger partial charge in [-0.15, -0.1) is 11.3 Å². The number of hydrogen-bond acceptors (Lipinski definition) is 11. The maximum Gasteiger partial charge on any atom is 0.412 e. The Morgan fingerprint density at radius 2 is 2.00 bits per heavy atom. The van der Waals surface area contributed by atoms with Crippen LogP contribution in [0.5, 0.6) is 0 Å². The fraction of sp³-hybridized carbons (Fsp3) is 0.452. The number of halogens is 2. The van der Waals surface area contributed by atoms with Crippen LogP contribution >= 0.6 is 11.3 Å². The number of pyridine rings is 1. The van der Waals surface area contributed by atoms with Gasteiger partial charge in [-0.2, -0.15) is 5.26 Å². The summed E-state index contributed by atoms with van der Waals surface area (Å²) < 4.78 is 43.1. The van der Waals surface area contributed by atoms with Crippen molar-refractivity contribution >= 4 is 49.4 Å². The molecule has 1 aromatic carbocycles. The van der Waals surface area contributed by atoms with Crippen molar-refractivity contribution in [2.75, 3.05) is 23.3 Å². The summed E-state index contributed by atoms with van der Waals surface area (Å²) in [5.41, 5.74) is -0.698. The van der Waals surface area contributed by atoms with Crippen LogP contribution in [0.2, 0.25) is 0 Å². The molecule has 4 aromatic rings. The number of aromatic nitrogens is 3. The van der Waals surface area contributed by atoms with E-state index in [9.17, 15) is 15.2 Å². The lowest BCUT2D eigenvalue weighted by molar-refractivity contribution is 0.0518. The number of β-amino-alcohol motifs (C(OH)–C–C–N with tert-alkyl or cyclic N) is 1. The Bertz CT molecular complexity index is 1900. The first kappa shape index (κ1) is 31.0. The molecule has 0 radical (unpaired) electrons. The van der Waals surface area contributed by atoms with Crippen molar-refractivity contribution in [1.29, 1.82) is 5.26 Å². The Labute approximate surface area is 262 Å². The Morgan fingerprint density at radius 1 is 1.27 bits per heavy atom. The molecule has 2 unspecified atom stereocenters. The summed E-state index contributed by atoms with van der Waals surface area (Å²) in [5.74, 6) is -1.21. The Balaban J connectivity index is 1.51. The molecule has 11 nitrogen and oxygen atoms in total. The molecule has 2 aliphatic heterocycles. The molecule has 2 aliphatic rings. The van der Waals surface area contributed by atoms with Crippen molar-refractivity contribution in [3.63, 3.8) is 0 Å². The minimum absolute atomic E-state index is 0.0132. The first-order valence-electron chi connectivity index (χ1n) is 14.5. The van der Waals surface area contributed by atoms with E-state index in [1.165, 1.54) is 0 Å². The maximum absolute atomic E-state index is 16.8. The highest BCUT2D eigenvalue weighted by molar-refractivity contribution is 7.23. The Hall–Kier alpha value is -4.03. The van der Waals surface area contributed by atoms with Crippen LogP contribution in [-0.2, 0) is 22.7 Å². The molecule has 3 N–H and O–H groups in total. The van der Waals surface area contributed by atoms with E-state index in [2.05, 4.69) is 25.6 Å². The highest BCUT2D eigenvalue weighted by atomic mass is 32.1. The van der Waals surface area contributed by atoms with E-state index >= 15 is 8.78 Å². The fourth-order valence-corrected chi connectivity index (χ4v) is 6.96. The summed E-state index contributed by atoms with van der Waals surface area (Å²) in [6.45, 7) is 11.7. The molecule has 2 atom stereocenters. The summed E-state index contributed by atoms with van der Waals surface area (Å²) >= 11 is 0.839. The summed E-state index contributed by atoms with van der Waals surface area (Å²) in [7, 11) is 0. The smallest absolute Gasteiger partial charge is 0.412 e. The quantitative estimate of drug-likeness (QED) is 0.261. The standard InChI is InChI=1S/C31H33F2N7O4S/c1-14(2)37-20-10-40(13-31(20,6)42)28-36-8-16-17-11-43-12-18(17)21(23(33)24(16)38-28)25-22-15(7-34)27(39-29(41)44-30(3,4)5)45-26(22)19(32)9-35-25/h8-9,14,20,37,42H,10-13H2,1-6H3,(H,39,41). The van der Waals surface area contributed by atoms with Gasteiger partial charge in [0.1, 0.15) is 22.2 Å². The number of nitrogens with zero attached hydrogens (tertiary/aromatic N) is 5. The number of carbonyl (C=O) groups is 1. The predicted molar refractivity (Wildman–Crippen MR) is 166 cm³/mol. The number of fused-ring (bicyclic) bond motifs is 4. The molecule has 236 valence electrons. The van der Waals surface area contributed by atoms with Gasteiger partial charge in [0.25, 0.3) is 0 Å². The van der Waals surface area contributed by atoms with Crippen molar-refractivity contribution < 1.29 is 28.2 Å². The van der Waals surface area contributed by atoms with Crippen LogP contribution in [0.1, 0.15) is 58.2 Å². The highest BCUT2D eigenvalue weighted by Crippen LogP contribution is 2.46. The molecule has 5 heterocycles. The van der Waals surface area contributed by atoms with E-state index in [-0.39, 0.29) is 75.2 Å². The third-order valence-electron chi connectivity index (χ3n) is 7.80. The van der Waals surface area contributed by atoms with E-state index in [0.29, 0.717) is 23.1 Å². The minimum Gasteiger partial charge on any atom is -0.444 e. The number of amides is 1. The number of aliphatic hydroxyl groups is 1. The van der Waals surface area contributed by atoms with Gasteiger partial charge in [0.15, 0.2) is 11.6 Å². The van der Waals surface area contributed by atoms with Crippen molar-refractivity contribution in [2.24, 2.45) is 0 Å². The maximum atomic E-state index is 16.8. The van der Waals surface area contributed by atoms with Gasteiger partial charge in [-0.05, 0) is 38.8 Å². The van der Waals surface area contributed by atoms with Gasteiger partial charge in [-0.1, -0.05) is 13.8 Å². The number of carbonyl (C=O) groups excluding carboxylic acids is 1. The van der Waals surface area contributed by atoms with Crippen LogP contribution in [0.4, 0.5) is 24.5 Å². The molecule has 45 heavy (non-hydrogen) atoms. The fourth-order valence-electron chi connectivity index (χ4n) is 5.92. The van der Waals surface area contributed by atoms with Crippen molar-refractivity contribution in [3.8, 4) is 17.3 Å². The van der Waals surface area contributed by atoms with Gasteiger partial charge in [0.05, 0.1) is 53.6 Å². The molecular formula is C31H33F2N7O4S. The molecule has 1 fully saturated rings. The molecule has 0 saturated carbocycles. The molecule has 0 aliphatic carbocycles. The molecule has 1 saturated heterocycles. The zero-order chi connectivity index (χ0) is 32.4. The van der Waals surface area contributed by atoms with Gasteiger partial charge in [0, 0.05) is 35.1 Å². The lowest BCUT2D eigenvalue weighted by Gasteiger charge is -2.26. The van der Waals surface area contributed by atoms with E-state index < -0.39 is 28.9 Å². The zero-order valence-corrected chi connectivity index (χ0v) is 26.5. The average molecular weight is 638 g/mol. The Morgan fingerprint density at radius 3 is 2.69 bits per heavy atom. The van der Waals surface area contributed by atoms with Crippen LogP contribution in [0, 0.1) is 23.0 Å². The predicted octanol–water partition coefficient (Wildman–Crippen LogP) is 5.37. The van der Waals surface area contributed by atoms with E-state index in [0.717, 1.165) is 17.5 Å². The lowest BCUT2D eigenvalue weighted by Crippen LogP contribution is -2.50. The van der Waals surface area contributed by atoms with Gasteiger partial charge >= 0.3 is 6.09 Å². The average Bonchev–Trinajstić information content (AvgIpc) is 3.64. The van der Waals surface area contributed by atoms with E-state index in [1.54, 1.807) is 38.8 Å². The SMILES string of the molecule is CC(C)NC1CN(c2ncc3c4c(c(-c5ncc(F)c6sc(NC(=O)OC(C)(C)C)c(C#N)c56)c(F)c3n2)COC4)CC1(C)O. The largest absolute Gasteiger partial charge is 0.444 e. The van der Waals surface area contributed by atoms with Crippen molar-refractivity contribution in [2.45, 2.75) is 78.0 Å². The Kier molecular flexibility index (Phi) is 7.64. The van der Waals surface area contributed by atoms with E-state index in [4.69, 9.17) is 9.47 Å². The molecular weight excluding hydrogens is 604 g/mol. The van der Waals surface area contributed by atoms with Crippen LogP contribution in [-0.4, -0.2) is 62.5 Å². The van der Waals surface area contributed by atoms with Crippen molar-refractivity contribution in [1.82, 2.24) is 20.3 Å². The monoisotopic (exact) mass is 637 g/mol. The second kappa shape index (κ2) is 11.1. The van der Waals surface area contributed by atoms with Crippen molar-refractivity contribution in [3.05, 3.63) is 40.7 Å². The summed E-state index contributed by atoms with van der Waals surface area (Å²) in [4.78, 5) is 27.8. The number of hydrogen-bond donors (Lipinski definition) is 3. The summed E-state index contributed by atoms with van der Waals surface area (Å²) in [6.07, 6.45) is 1.71. The van der Waals surface area contributed by atoms with Gasteiger partial charge in [-0.25, -0.2) is 23.5 Å². The topological polar surface area (TPSA) is 146 Å². The highest BCUT2D eigenvalue weighted by Gasteiger charge is 2.43. The van der Waals surface area contributed by atoms with Gasteiger partial charge < -0.3 is 24.8 Å². The lowest BCUT2D eigenvalue weighted by atomic mass is 9.94. The second-order valence-electron chi connectivity index (χ2n) is 12.9. The molecule has 0 spiro atoms. The number of thiophene rings is 1. The number of nitrogens with one attached hydrogen (secondary N) is 2. The van der Waals surface area contributed by atoms with Gasteiger partial charge in [0.2, 0.25) is 5.95 Å². The molecule has 6 rings (SSSR count). The van der Waals surface area contributed by atoms with Crippen LogP contribution in [0.25, 0.3) is 32.2 Å². The number of anilines is 2. The molecule has 0 bridgehead atoms. The second-order valence-corrected chi connectivity index (χ2v) is 13.9. The molecule has 14 heteroatoms. The van der Waals surface area contributed by atoms with Crippen LogP contribution in [0.3, 0.4) is 0 Å². The van der Waals surface area contributed by atoms with Crippen LogP contribution in [0.15, 0.2) is 12.4 Å². The third-order valence-corrected chi connectivity index (χ3v) is 8.92. The third kappa shape index (κ3) is 5.54. The number of benzene rings is 1. The summed E-state index contributed by atoms with van der Waals surface area (Å²) in [6, 6.07) is 1.92. The number of ether oxygens (including phenoxy) is 2. The molecule has 1 amide bonds. The molecule has 3 aromatic heterocycles. The van der Waals surface area contributed by atoms with Gasteiger partial charge in [-0.3, -0.25) is 10.3 Å². The van der Waals surface area contributed by atoms with E-state index in [1.807, 2.05) is 19.9 Å². The van der Waals surface area contributed by atoms with Crippen LogP contribution < -0.4 is 15.5 Å². The zero-order valence-electron chi connectivity index (χ0n) is 25.7. The number of nitriles is 1. The first-order chi connectivity index (χ1) is 21.2. The normalized spacial score (nSPS) is 19.8. The number of rotatable bonds is 5. The minimum atomic E-state index is -1.07.